The third kappa shape index (κ3) is 2.85. The van der Waals surface area contributed by atoms with Crippen LogP contribution in [0.25, 0.3) is 10.8 Å². The molecule has 1 N–H and O–H groups in total. The van der Waals surface area contributed by atoms with Gasteiger partial charge in [-0.25, -0.2) is 4.98 Å². The Bertz CT molecular complexity index is 580. The molecule has 1 aliphatic rings. The summed E-state index contributed by atoms with van der Waals surface area (Å²) in [7, 11) is 1.68. The number of rotatable bonds is 5. The second-order valence-corrected chi connectivity index (χ2v) is 5.10. The second-order valence-electron chi connectivity index (χ2n) is 5.10. The fourth-order valence-corrected chi connectivity index (χ4v) is 2.64. The Morgan fingerprint density at radius 1 is 1.40 bits per heavy atom. The molecule has 1 aromatic carbocycles. The third-order valence-corrected chi connectivity index (χ3v) is 3.76. The molecule has 0 radical (unpaired) electrons. The van der Waals surface area contributed by atoms with Crippen LogP contribution < -0.4 is 10.1 Å². The average molecular weight is 272 g/mol. The molecule has 2 aromatic rings. The van der Waals surface area contributed by atoms with E-state index >= 15 is 0 Å². The standard InChI is InChI=1S/C16H20N2O2/c1-19-14-5-4-12-6-8-17-16(15(12)11-14)18-9-7-13-3-2-10-20-13/h4-6,8,11,13H,2-3,7,9-10H2,1H3,(H,17,18). The van der Waals surface area contributed by atoms with Crippen LogP contribution in [0.2, 0.25) is 0 Å². The van der Waals surface area contributed by atoms with E-state index in [9.17, 15) is 0 Å². The minimum Gasteiger partial charge on any atom is -0.497 e. The van der Waals surface area contributed by atoms with Crippen LogP contribution in [-0.2, 0) is 4.74 Å². The lowest BCUT2D eigenvalue weighted by molar-refractivity contribution is 0.107. The Balaban J connectivity index is 1.72. The first-order valence-electron chi connectivity index (χ1n) is 7.15. The fraction of sp³-hybridized carbons (Fsp3) is 0.438. The van der Waals surface area contributed by atoms with Gasteiger partial charge in [0.1, 0.15) is 11.6 Å². The maximum atomic E-state index is 5.63. The van der Waals surface area contributed by atoms with Crippen LogP contribution in [0, 0.1) is 0 Å². The first-order chi connectivity index (χ1) is 9.86. The number of methoxy groups -OCH3 is 1. The summed E-state index contributed by atoms with van der Waals surface area (Å²) in [5.41, 5.74) is 0. The van der Waals surface area contributed by atoms with Crippen LogP contribution in [0.1, 0.15) is 19.3 Å². The Kier molecular flexibility index (Phi) is 4.02. The van der Waals surface area contributed by atoms with Gasteiger partial charge in [-0.15, -0.1) is 0 Å². The summed E-state index contributed by atoms with van der Waals surface area (Å²) >= 11 is 0. The smallest absolute Gasteiger partial charge is 0.133 e. The summed E-state index contributed by atoms with van der Waals surface area (Å²) in [5, 5.41) is 5.68. The van der Waals surface area contributed by atoms with Crippen LogP contribution in [0.4, 0.5) is 5.82 Å². The van der Waals surface area contributed by atoms with E-state index < -0.39 is 0 Å². The number of nitrogens with zero attached hydrogens (tertiary/aromatic N) is 1. The van der Waals surface area contributed by atoms with E-state index in [1.54, 1.807) is 7.11 Å². The van der Waals surface area contributed by atoms with E-state index in [1.165, 1.54) is 18.2 Å². The highest BCUT2D eigenvalue weighted by Gasteiger charge is 2.14. The quantitative estimate of drug-likeness (QED) is 0.907. The Morgan fingerprint density at radius 3 is 3.15 bits per heavy atom. The first-order valence-corrected chi connectivity index (χ1v) is 7.15. The number of ether oxygens (including phenoxy) is 2. The maximum Gasteiger partial charge on any atom is 0.133 e. The van der Waals surface area contributed by atoms with Crippen LogP contribution in [0.15, 0.2) is 30.5 Å². The lowest BCUT2D eigenvalue weighted by Crippen LogP contribution is -2.13. The molecule has 1 aliphatic heterocycles. The van der Waals surface area contributed by atoms with E-state index in [1.807, 2.05) is 24.4 Å². The number of anilines is 1. The van der Waals surface area contributed by atoms with Gasteiger partial charge in [0.25, 0.3) is 0 Å². The molecule has 2 heterocycles. The van der Waals surface area contributed by atoms with Crippen LogP contribution >= 0.6 is 0 Å². The van der Waals surface area contributed by atoms with Gasteiger partial charge in [0.15, 0.2) is 0 Å². The van der Waals surface area contributed by atoms with E-state index in [0.29, 0.717) is 6.10 Å². The Labute approximate surface area is 119 Å². The SMILES string of the molecule is COc1ccc2ccnc(NCCC3CCCO3)c2c1. The summed E-state index contributed by atoms with van der Waals surface area (Å²) in [6, 6.07) is 8.07. The monoisotopic (exact) mass is 272 g/mol. The van der Waals surface area contributed by atoms with Crippen molar-refractivity contribution in [1.82, 2.24) is 4.98 Å². The predicted octanol–water partition coefficient (Wildman–Crippen LogP) is 3.22. The van der Waals surface area contributed by atoms with E-state index in [2.05, 4.69) is 16.4 Å². The fourth-order valence-electron chi connectivity index (χ4n) is 2.64. The van der Waals surface area contributed by atoms with Crippen LogP contribution in [0.5, 0.6) is 5.75 Å². The number of nitrogens with one attached hydrogen (secondary N) is 1. The number of aromatic nitrogens is 1. The zero-order valence-corrected chi connectivity index (χ0v) is 11.8. The molecule has 0 aliphatic carbocycles. The Morgan fingerprint density at radius 2 is 2.35 bits per heavy atom. The van der Waals surface area contributed by atoms with Gasteiger partial charge in [0.2, 0.25) is 0 Å². The molecule has 4 nitrogen and oxygen atoms in total. The summed E-state index contributed by atoms with van der Waals surface area (Å²) < 4.78 is 10.9. The summed E-state index contributed by atoms with van der Waals surface area (Å²) in [5.74, 6) is 1.77. The average Bonchev–Trinajstić information content (AvgIpc) is 3.00. The van der Waals surface area contributed by atoms with Crippen molar-refractivity contribution in [2.24, 2.45) is 0 Å². The van der Waals surface area contributed by atoms with Gasteiger partial charge in [-0.05, 0) is 42.8 Å². The molecule has 1 fully saturated rings. The van der Waals surface area contributed by atoms with Gasteiger partial charge in [0.05, 0.1) is 13.2 Å². The molecule has 0 amide bonds. The molecule has 1 saturated heterocycles. The van der Waals surface area contributed by atoms with Crippen LogP contribution in [-0.4, -0.2) is 31.3 Å². The number of fused-ring (bicyclic) bond motifs is 1. The molecule has 20 heavy (non-hydrogen) atoms. The van der Waals surface area contributed by atoms with Crippen molar-refractivity contribution in [3.05, 3.63) is 30.5 Å². The largest absolute Gasteiger partial charge is 0.497 e. The van der Waals surface area contributed by atoms with Crippen molar-refractivity contribution in [2.75, 3.05) is 25.6 Å². The highest BCUT2D eigenvalue weighted by Crippen LogP contribution is 2.26. The third-order valence-electron chi connectivity index (χ3n) is 3.76. The van der Waals surface area contributed by atoms with Gasteiger partial charge >= 0.3 is 0 Å². The van der Waals surface area contributed by atoms with Crippen molar-refractivity contribution in [2.45, 2.75) is 25.4 Å². The number of pyridine rings is 1. The summed E-state index contributed by atoms with van der Waals surface area (Å²) in [4.78, 5) is 4.44. The molecule has 0 bridgehead atoms. The van der Waals surface area contributed by atoms with Gasteiger partial charge in [-0.1, -0.05) is 6.07 Å². The van der Waals surface area contributed by atoms with Crippen molar-refractivity contribution < 1.29 is 9.47 Å². The zero-order chi connectivity index (χ0) is 13.8. The van der Waals surface area contributed by atoms with Gasteiger partial charge in [-0.2, -0.15) is 0 Å². The normalized spacial score (nSPS) is 18.4. The van der Waals surface area contributed by atoms with Gasteiger partial charge in [0, 0.05) is 24.7 Å². The molecule has 0 spiro atoms. The molecule has 1 unspecified atom stereocenters. The predicted molar refractivity (Wildman–Crippen MR) is 80.4 cm³/mol. The van der Waals surface area contributed by atoms with Crippen molar-refractivity contribution in [3.63, 3.8) is 0 Å². The number of hydrogen-bond donors (Lipinski definition) is 1. The van der Waals surface area contributed by atoms with E-state index in [0.717, 1.165) is 36.5 Å². The van der Waals surface area contributed by atoms with Crippen LogP contribution in [0.3, 0.4) is 0 Å². The Hall–Kier alpha value is -1.81. The van der Waals surface area contributed by atoms with Crippen molar-refractivity contribution in [3.8, 4) is 5.75 Å². The van der Waals surface area contributed by atoms with Gasteiger partial charge < -0.3 is 14.8 Å². The molecule has 106 valence electrons. The minimum absolute atomic E-state index is 0.409. The lowest BCUT2D eigenvalue weighted by Gasteiger charge is -2.12. The van der Waals surface area contributed by atoms with E-state index in [4.69, 9.17) is 9.47 Å². The summed E-state index contributed by atoms with van der Waals surface area (Å²) in [6.07, 6.45) is 5.64. The zero-order valence-electron chi connectivity index (χ0n) is 11.8. The molecule has 4 heteroatoms. The molecule has 1 atom stereocenters. The first kappa shape index (κ1) is 13.2. The molecular weight excluding hydrogens is 252 g/mol. The van der Waals surface area contributed by atoms with Gasteiger partial charge in [-0.3, -0.25) is 0 Å². The molecule has 0 saturated carbocycles. The maximum absolute atomic E-state index is 5.63. The van der Waals surface area contributed by atoms with Crippen molar-refractivity contribution >= 4 is 16.6 Å². The minimum atomic E-state index is 0.409. The summed E-state index contributed by atoms with van der Waals surface area (Å²) in [6.45, 7) is 1.79. The highest BCUT2D eigenvalue weighted by molar-refractivity contribution is 5.92. The number of hydrogen-bond acceptors (Lipinski definition) is 4. The lowest BCUT2D eigenvalue weighted by atomic mass is 10.1. The number of benzene rings is 1. The second kappa shape index (κ2) is 6.09. The molecule has 3 rings (SSSR count). The highest BCUT2D eigenvalue weighted by atomic mass is 16.5. The topological polar surface area (TPSA) is 43.4 Å². The van der Waals surface area contributed by atoms with Crippen molar-refractivity contribution in [1.29, 1.82) is 0 Å². The van der Waals surface area contributed by atoms with E-state index in [-0.39, 0.29) is 0 Å². The molecular formula is C16H20N2O2. The molecule has 1 aromatic heterocycles.